The highest BCUT2D eigenvalue weighted by molar-refractivity contribution is 7.88. The zero-order valence-corrected chi connectivity index (χ0v) is 53.0. The van der Waals surface area contributed by atoms with Crippen molar-refractivity contribution in [2.75, 3.05) is 31.9 Å². The van der Waals surface area contributed by atoms with E-state index in [0.717, 1.165) is 48.5 Å². The first-order valence-corrected chi connectivity index (χ1v) is 36.4. The number of fused-ring (bicyclic) bond motifs is 2. The smallest absolute Gasteiger partial charge is 0.322 e. The molecular weight excluding hydrogens is 1420 g/mol. The van der Waals surface area contributed by atoms with Gasteiger partial charge in [0.2, 0.25) is 0 Å². The van der Waals surface area contributed by atoms with Crippen LogP contribution in [0.3, 0.4) is 0 Å². The summed E-state index contributed by atoms with van der Waals surface area (Å²) in [6.07, 6.45) is 0. The van der Waals surface area contributed by atoms with Crippen LogP contribution in [0.5, 0.6) is 0 Å². The second-order valence-corrected chi connectivity index (χ2v) is 30.9. The van der Waals surface area contributed by atoms with Crippen molar-refractivity contribution in [2.24, 2.45) is 0 Å². The van der Waals surface area contributed by atoms with Gasteiger partial charge >= 0.3 is 6.03 Å². The Labute approximate surface area is 530 Å². The quantitative estimate of drug-likeness (QED) is 0.0489. The molecule has 8 aromatic rings. The number of benzene rings is 8. The molecule has 496 valence electrons. The minimum atomic E-state index is -5.46. The van der Waals surface area contributed by atoms with Crippen LogP contribution in [-0.2, 0) is 80.9 Å². The van der Waals surface area contributed by atoms with Gasteiger partial charge in [0.05, 0.1) is 42.1 Å². The molecule has 0 spiro atoms. The van der Waals surface area contributed by atoms with E-state index in [4.69, 9.17) is 0 Å². The lowest BCUT2D eigenvalue weighted by Crippen LogP contribution is -2.22. The van der Waals surface area contributed by atoms with E-state index in [1.54, 1.807) is 0 Å². The summed E-state index contributed by atoms with van der Waals surface area (Å²) in [4.78, 5) is 59.0. The fourth-order valence-corrected chi connectivity index (χ4v) is 14.2. The third-order valence-corrected chi connectivity index (χ3v) is 20.1. The van der Waals surface area contributed by atoms with Gasteiger partial charge in [-0.3, -0.25) is 55.6 Å². The Balaban J connectivity index is 1.00. The largest absolute Gasteiger partial charge is 0.323 e. The van der Waals surface area contributed by atoms with Crippen molar-refractivity contribution in [1.82, 2.24) is 0 Å². The predicted molar refractivity (Wildman–Crippen MR) is 326 cm³/mol. The van der Waals surface area contributed by atoms with Gasteiger partial charge in [-0.15, -0.1) is 0 Å². The van der Waals surface area contributed by atoms with Crippen molar-refractivity contribution in [2.45, 2.75) is 53.0 Å². The molecule has 14 N–H and O–H groups in total. The molecular formula is C51H40N6O29S8. The molecule has 8 rings (SSSR count). The molecule has 0 unspecified atom stereocenters. The fraction of sp³-hybridized carbons (Fsp3) is 0.0392. The molecule has 0 aliphatic carbocycles. The second-order valence-electron chi connectivity index (χ2n) is 19.7. The van der Waals surface area contributed by atoms with Crippen LogP contribution in [0.1, 0.15) is 52.6 Å². The zero-order valence-electron chi connectivity index (χ0n) is 46.5. The molecule has 8 aromatic carbocycles. The Morgan fingerprint density at radius 2 is 0.574 bits per heavy atom. The number of carbonyl (C=O) groups excluding carboxylic acids is 5. The molecule has 0 aromatic heterocycles. The van der Waals surface area contributed by atoms with Crippen molar-refractivity contribution in [3.8, 4) is 0 Å². The van der Waals surface area contributed by atoms with Crippen LogP contribution in [-0.4, -0.2) is 133 Å². The number of hydrogen-bond donors (Lipinski definition) is 14. The Bertz CT molecular complexity index is 5330. The van der Waals surface area contributed by atoms with Crippen LogP contribution in [0.25, 0.3) is 21.5 Å². The molecule has 0 saturated carbocycles. The van der Waals surface area contributed by atoms with Crippen molar-refractivity contribution in [3.63, 3.8) is 0 Å². The highest BCUT2D eigenvalue weighted by Gasteiger charge is 2.30. The lowest BCUT2D eigenvalue weighted by molar-refractivity contribution is 0.101. The molecule has 0 fully saturated rings. The van der Waals surface area contributed by atoms with Crippen LogP contribution < -0.4 is 31.9 Å². The van der Waals surface area contributed by atoms with E-state index in [1.807, 2.05) is 0 Å². The maximum absolute atomic E-state index is 13.7. The monoisotopic (exact) mass is 1460 g/mol. The lowest BCUT2D eigenvalue weighted by Gasteiger charge is -2.16. The molecule has 0 atom stereocenters. The Hall–Kier alpha value is -9.29. The molecule has 43 heteroatoms. The summed E-state index contributed by atoms with van der Waals surface area (Å²) in [5.74, 6) is -5.10. The fourth-order valence-electron chi connectivity index (χ4n) is 8.90. The SMILES string of the molecule is Cc1ccc(C(=O)Nc2cc(S(=O)(=O)O)cc3cc(S(=O)(=O)O)cc(S(=O)(=O)O)c23)cc1NC(=O)c1ccc(NC(=O)Nc2ccc(C(=O)Nc3cc(C(=O)Nc4cc(S(=O)(=O)O)cc5cc(S(=O)(=O)O)cc(S(=O)(=O)O)c45)ccc3C)c(S(=O)(=O)O)c2)cc1S(=O)(=O)O. The van der Waals surface area contributed by atoms with Gasteiger partial charge in [0.25, 0.3) is 105 Å². The summed E-state index contributed by atoms with van der Waals surface area (Å²) >= 11 is 0. The maximum Gasteiger partial charge on any atom is 0.323 e. The van der Waals surface area contributed by atoms with E-state index in [-0.39, 0.29) is 34.6 Å². The highest BCUT2D eigenvalue weighted by Crippen LogP contribution is 2.38. The molecule has 0 aliphatic rings. The summed E-state index contributed by atoms with van der Waals surface area (Å²) in [6.45, 7) is 2.74. The molecule has 0 bridgehead atoms. The number of aryl methyl sites for hydroxylation is 2. The number of carbonyl (C=O) groups is 5. The van der Waals surface area contributed by atoms with Crippen LogP contribution in [0, 0.1) is 13.8 Å². The molecule has 0 aliphatic heterocycles. The average molecular weight is 1460 g/mol. The summed E-state index contributed by atoms with van der Waals surface area (Å²) < 4.78 is 277. The first-order valence-electron chi connectivity index (χ1n) is 24.9. The molecule has 35 nitrogen and oxygen atoms in total. The molecule has 6 amide bonds. The van der Waals surface area contributed by atoms with Gasteiger partial charge in [0.1, 0.15) is 19.6 Å². The highest BCUT2D eigenvalue weighted by atomic mass is 32.2. The van der Waals surface area contributed by atoms with Gasteiger partial charge in [0, 0.05) is 44.6 Å². The van der Waals surface area contributed by atoms with E-state index in [0.29, 0.717) is 48.5 Å². The van der Waals surface area contributed by atoms with Gasteiger partial charge in [0.15, 0.2) is 0 Å². The van der Waals surface area contributed by atoms with Crippen molar-refractivity contribution in [1.29, 1.82) is 0 Å². The second kappa shape index (κ2) is 24.9. The molecule has 0 radical (unpaired) electrons. The molecule has 94 heavy (non-hydrogen) atoms. The topological polar surface area (TPSA) is 592 Å². The third kappa shape index (κ3) is 15.8. The number of amides is 6. The van der Waals surface area contributed by atoms with Gasteiger partial charge in [-0.25, -0.2) is 4.79 Å². The number of anilines is 6. The van der Waals surface area contributed by atoms with Gasteiger partial charge in [-0.1, -0.05) is 12.1 Å². The van der Waals surface area contributed by atoms with Crippen LogP contribution >= 0.6 is 0 Å². The Kier molecular flexibility index (Phi) is 18.7. The minimum absolute atomic E-state index is 0.158. The Morgan fingerprint density at radius 3 is 0.862 bits per heavy atom. The van der Waals surface area contributed by atoms with Gasteiger partial charge < -0.3 is 31.9 Å². The lowest BCUT2D eigenvalue weighted by atomic mass is 10.1. The van der Waals surface area contributed by atoms with Gasteiger partial charge in [-0.2, -0.15) is 67.3 Å². The molecule has 0 heterocycles. The van der Waals surface area contributed by atoms with E-state index >= 15 is 0 Å². The predicted octanol–water partition coefficient (Wildman–Crippen LogP) is 5.24. The van der Waals surface area contributed by atoms with E-state index < -0.39 is 216 Å². The number of nitrogens with one attached hydrogen (secondary N) is 6. The van der Waals surface area contributed by atoms with Crippen LogP contribution in [0.4, 0.5) is 38.9 Å². The maximum atomic E-state index is 13.7. The molecule has 0 saturated heterocycles. The van der Waals surface area contributed by atoms with E-state index in [2.05, 4.69) is 31.9 Å². The van der Waals surface area contributed by atoms with E-state index in [1.165, 1.54) is 26.0 Å². The van der Waals surface area contributed by atoms with Crippen molar-refractivity contribution < 1.29 is 128 Å². The average Bonchev–Trinajstić information content (AvgIpc) is 0.773. The number of urea groups is 1. The summed E-state index contributed by atoms with van der Waals surface area (Å²) in [6, 6.07) is 13.6. The summed E-state index contributed by atoms with van der Waals surface area (Å²) in [5, 5.41) is 10.4. The van der Waals surface area contributed by atoms with E-state index in [9.17, 15) is 128 Å². The van der Waals surface area contributed by atoms with Crippen molar-refractivity contribution in [3.05, 3.63) is 155 Å². The number of hydrogen-bond acceptors (Lipinski definition) is 21. The van der Waals surface area contributed by atoms with Crippen molar-refractivity contribution >= 4 is 166 Å². The number of rotatable bonds is 18. The Morgan fingerprint density at radius 1 is 0.287 bits per heavy atom. The first kappa shape index (κ1) is 70.6. The summed E-state index contributed by atoms with van der Waals surface area (Å²) in [5.41, 5.74) is -5.24. The zero-order chi connectivity index (χ0) is 70.1. The van der Waals surface area contributed by atoms with Crippen LogP contribution in [0.2, 0.25) is 0 Å². The van der Waals surface area contributed by atoms with Crippen LogP contribution in [0.15, 0.2) is 160 Å². The first-order chi connectivity index (χ1) is 43.0. The van der Waals surface area contributed by atoms with Gasteiger partial charge in [-0.05, 0) is 145 Å². The minimum Gasteiger partial charge on any atom is -0.322 e. The standard InChI is InChI=1S/C51H40N6O29S8/c1-23-3-5-25(47(58)56-39-19-31(87(63,64)65)11-27-13-33(89(69,70)71)21-43(45(27)39)93(81,82)83)15-37(23)54-49(60)35-9-7-29(17-41(35)91(75,76)77)52-51(62)53-30-8-10-36(42(18-30)92(78,79)80)50(61)55-38-16-26(6-4-24(38)2)48(59)57-40-20-32(88(66,67)68)12-28-14-34(90(72,73)74)22-44(46(28)40)94(84,85)86/h3-22H,1-2H3,(H,54,60)(H,55,61)(H,56,58)(H,57,59)(H2,52,53,62)(H,63,64,65)(H,66,67,68)(H,69,70,71)(H,72,73,74)(H,75,76,77)(H,78,79,80)(H,81,82,83)(H,84,85,86). The summed E-state index contributed by atoms with van der Waals surface area (Å²) in [7, 11) is -42.7. The normalized spacial score (nSPS) is 12.6. The third-order valence-electron chi connectivity index (χ3n) is 13.2.